The molecule has 1 aromatic heterocycles. The largest absolute Gasteiger partial charge is 0.441 e. The van der Waals surface area contributed by atoms with Crippen LogP contribution in [0.2, 0.25) is 0 Å². The molecule has 3 rings (SSSR count). The molecule has 1 saturated heterocycles. The van der Waals surface area contributed by atoms with Gasteiger partial charge in [-0.3, -0.25) is 9.59 Å². The summed E-state index contributed by atoms with van der Waals surface area (Å²) in [6.07, 6.45) is 2.50. The van der Waals surface area contributed by atoms with Gasteiger partial charge in [0.2, 0.25) is 11.8 Å². The van der Waals surface area contributed by atoms with Crippen LogP contribution >= 0.6 is 0 Å². The fraction of sp³-hybridized carbons (Fsp3) is 0.389. The minimum atomic E-state index is -0.437. The molecule has 0 spiro atoms. The maximum atomic E-state index is 12.9. The van der Waals surface area contributed by atoms with E-state index in [1.54, 1.807) is 18.9 Å². The second-order valence-corrected chi connectivity index (χ2v) is 5.91. The Kier molecular flexibility index (Phi) is 4.64. The molecule has 1 aliphatic rings. The zero-order valence-corrected chi connectivity index (χ0v) is 13.9. The Morgan fingerprint density at radius 1 is 1.25 bits per heavy atom. The van der Waals surface area contributed by atoms with E-state index >= 15 is 0 Å². The van der Waals surface area contributed by atoms with Crippen molar-refractivity contribution in [2.75, 3.05) is 13.6 Å². The summed E-state index contributed by atoms with van der Waals surface area (Å²) in [5, 5.41) is 2.64. The molecule has 2 aromatic rings. The zero-order valence-electron chi connectivity index (χ0n) is 13.9. The Morgan fingerprint density at radius 3 is 2.71 bits per heavy atom. The van der Waals surface area contributed by atoms with E-state index in [0.717, 1.165) is 18.4 Å². The number of carbonyl (C=O) groups is 2. The Bertz CT molecular complexity index is 739. The number of benzene rings is 1. The van der Waals surface area contributed by atoms with Crippen molar-refractivity contribution in [3.63, 3.8) is 0 Å². The molecule has 0 aliphatic carbocycles. The SMILES string of the molecule is CNC(=O)[C@H]1CCCCN1C(=O)c1nc(-c2ccccc2)oc1C. The first kappa shape index (κ1) is 16.2. The number of nitrogens with one attached hydrogen (secondary N) is 1. The zero-order chi connectivity index (χ0) is 17.1. The quantitative estimate of drug-likeness (QED) is 0.939. The fourth-order valence-corrected chi connectivity index (χ4v) is 3.05. The third kappa shape index (κ3) is 3.04. The Labute approximate surface area is 140 Å². The molecule has 126 valence electrons. The van der Waals surface area contributed by atoms with Gasteiger partial charge in [0.1, 0.15) is 11.8 Å². The number of nitrogens with zero attached hydrogens (tertiary/aromatic N) is 2. The molecule has 1 fully saturated rings. The van der Waals surface area contributed by atoms with Gasteiger partial charge in [0.25, 0.3) is 5.91 Å². The van der Waals surface area contributed by atoms with Crippen molar-refractivity contribution in [2.45, 2.75) is 32.2 Å². The highest BCUT2D eigenvalue weighted by Gasteiger charge is 2.34. The standard InChI is InChI=1S/C18H21N3O3/c1-12-15(20-17(24-12)13-8-4-3-5-9-13)18(23)21-11-7-6-10-14(21)16(22)19-2/h3-5,8-9,14H,6-7,10-11H2,1-2H3,(H,19,22)/t14-/m1/s1. The molecule has 1 aromatic carbocycles. The van der Waals surface area contributed by atoms with E-state index < -0.39 is 6.04 Å². The summed E-state index contributed by atoms with van der Waals surface area (Å²) in [6.45, 7) is 2.29. The number of rotatable bonds is 3. The molecular weight excluding hydrogens is 306 g/mol. The van der Waals surface area contributed by atoms with Crippen LogP contribution in [0.15, 0.2) is 34.7 Å². The van der Waals surface area contributed by atoms with Crippen molar-refractivity contribution in [3.05, 3.63) is 41.8 Å². The lowest BCUT2D eigenvalue weighted by Crippen LogP contribution is -2.51. The molecule has 0 radical (unpaired) electrons. The van der Waals surface area contributed by atoms with Crippen molar-refractivity contribution in [2.24, 2.45) is 0 Å². The first-order valence-electron chi connectivity index (χ1n) is 8.17. The average Bonchev–Trinajstić information content (AvgIpc) is 3.03. The molecule has 2 amide bonds. The van der Waals surface area contributed by atoms with Crippen LogP contribution in [0.4, 0.5) is 0 Å². The van der Waals surface area contributed by atoms with Gasteiger partial charge in [-0.25, -0.2) is 4.98 Å². The Balaban J connectivity index is 1.89. The van der Waals surface area contributed by atoms with E-state index in [-0.39, 0.29) is 17.5 Å². The molecule has 1 atom stereocenters. The molecule has 2 heterocycles. The summed E-state index contributed by atoms with van der Waals surface area (Å²) in [5.74, 6) is 0.518. The molecule has 6 heteroatoms. The van der Waals surface area contributed by atoms with Crippen LogP contribution in [0.1, 0.15) is 35.5 Å². The molecule has 0 unspecified atom stereocenters. The number of likely N-dealkylation sites (N-methyl/N-ethyl adjacent to an activating group) is 1. The number of aryl methyl sites for hydroxylation is 1. The van der Waals surface area contributed by atoms with Gasteiger partial charge in [0.15, 0.2) is 5.69 Å². The lowest BCUT2D eigenvalue weighted by atomic mass is 10.0. The lowest BCUT2D eigenvalue weighted by Gasteiger charge is -2.33. The van der Waals surface area contributed by atoms with Gasteiger partial charge < -0.3 is 14.6 Å². The van der Waals surface area contributed by atoms with Crippen LogP contribution in [-0.2, 0) is 4.79 Å². The summed E-state index contributed by atoms with van der Waals surface area (Å²) < 4.78 is 5.68. The van der Waals surface area contributed by atoms with Gasteiger partial charge in [-0.2, -0.15) is 0 Å². The smallest absolute Gasteiger partial charge is 0.276 e. The maximum absolute atomic E-state index is 12.9. The summed E-state index contributed by atoms with van der Waals surface area (Å²) in [7, 11) is 1.59. The van der Waals surface area contributed by atoms with Gasteiger partial charge in [-0.1, -0.05) is 18.2 Å². The normalized spacial score (nSPS) is 17.6. The molecule has 0 bridgehead atoms. The van der Waals surface area contributed by atoms with Crippen LogP contribution in [0.25, 0.3) is 11.5 Å². The van der Waals surface area contributed by atoms with E-state index in [0.29, 0.717) is 24.6 Å². The van der Waals surface area contributed by atoms with E-state index in [2.05, 4.69) is 10.3 Å². The Morgan fingerprint density at radius 2 is 2.00 bits per heavy atom. The highest BCUT2D eigenvalue weighted by molar-refractivity contribution is 5.97. The summed E-state index contributed by atoms with van der Waals surface area (Å²) in [6, 6.07) is 9.02. The molecule has 0 saturated carbocycles. The number of hydrogen-bond donors (Lipinski definition) is 1. The lowest BCUT2D eigenvalue weighted by molar-refractivity contribution is -0.126. The molecule has 6 nitrogen and oxygen atoms in total. The summed E-state index contributed by atoms with van der Waals surface area (Å²) in [5.41, 5.74) is 1.10. The first-order chi connectivity index (χ1) is 11.6. The van der Waals surface area contributed by atoms with Crippen molar-refractivity contribution in [1.29, 1.82) is 0 Å². The van der Waals surface area contributed by atoms with Crippen molar-refractivity contribution < 1.29 is 14.0 Å². The predicted molar refractivity (Wildman–Crippen MR) is 89.4 cm³/mol. The summed E-state index contributed by atoms with van der Waals surface area (Å²) >= 11 is 0. The third-order valence-corrected chi connectivity index (χ3v) is 4.33. The number of aromatic nitrogens is 1. The number of amides is 2. The van der Waals surface area contributed by atoms with E-state index in [4.69, 9.17) is 4.42 Å². The number of hydrogen-bond acceptors (Lipinski definition) is 4. The van der Waals surface area contributed by atoms with Crippen LogP contribution < -0.4 is 5.32 Å². The number of carbonyl (C=O) groups excluding carboxylic acids is 2. The monoisotopic (exact) mass is 327 g/mol. The van der Waals surface area contributed by atoms with Gasteiger partial charge in [0, 0.05) is 19.2 Å². The van der Waals surface area contributed by atoms with E-state index in [1.807, 2.05) is 30.3 Å². The molecule has 24 heavy (non-hydrogen) atoms. The second-order valence-electron chi connectivity index (χ2n) is 5.91. The van der Waals surface area contributed by atoms with Gasteiger partial charge in [-0.05, 0) is 38.3 Å². The highest BCUT2D eigenvalue weighted by atomic mass is 16.4. The van der Waals surface area contributed by atoms with Gasteiger partial charge in [-0.15, -0.1) is 0 Å². The van der Waals surface area contributed by atoms with Crippen molar-refractivity contribution in [1.82, 2.24) is 15.2 Å². The first-order valence-corrected chi connectivity index (χ1v) is 8.17. The minimum Gasteiger partial charge on any atom is -0.441 e. The molecule has 1 aliphatic heterocycles. The maximum Gasteiger partial charge on any atom is 0.276 e. The average molecular weight is 327 g/mol. The van der Waals surface area contributed by atoms with Crippen LogP contribution in [-0.4, -0.2) is 41.3 Å². The number of oxazole rings is 1. The summed E-state index contributed by atoms with van der Waals surface area (Å²) in [4.78, 5) is 31.0. The van der Waals surface area contributed by atoms with Crippen LogP contribution in [0.3, 0.4) is 0 Å². The van der Waals surface area contributed by atoms with Crippen molar-refractivity contribution >= 4 is 11.8 Å². The highest BCUT2D eigenvalue weighted by Crippen LogP contribution is 2.25. The van der Waals surface area contributed by atoms with Gasteiger partial charge in [0.05, 0.1) is 0 Å². The minimum absolute atomic E-state index is 0.132. The number of likely N-dealkylation sites (tertiary alicyclic amines) is 1. The van der Waals surface area contributed by atoms with E-state index in [1.165, 1.54) is 0 Å². The predicted octanol–water partition coefficient (Wildman–Crippen LogP) is 2.39. The topological polar surface area (TPSA) is 75.4 Å². The van der Waals surface area contributed by atoms with Crippen molar-refractivity contribution in [3.8, 4) is 11.5 Å². The van der Waals surface area contributed by atoms with Crippen LogP contribution in [0, 0.1) is 6.92 Å². The van der Waals surface area contributed by atoms with Crippen LogP contribution in [0.5, 0.6) is 0 Å². The number of piperidine rings is 1. The second kappa shape index (κ2) is 6.86. The van der Waals surface area contributed by atoms with E-state index in [9.17, 15) is 9.59 Å². The Hall–Kier alpha value is -2.63. The van der Waals surface area contributed by atoms with Gasteiger partial charge >= 0.3 is 0 Å². The fourth-order valence-electron chi connectivity index (χ4n) is 3.05. The molecule has 1 N–H and O–H groups in total. The molecular formula is C18H21N3O3. The third-order valence-electron chi connectivity index (χ3n) is 4.33.